The van der Waals surface area contributed by atoms with Crippen molar-refractivity contribution in [2.24, 2.45) is 0 Å². The molecule has 7 heteroatoms. The number of hydrogen-bond acceptors (Lipinski definition) is 4. The molecule has 0 bridgehead atoms. The summed E-state index contributed by atoms with van der Waals surface area (Å²) in [6.45, 7) is 4.62. The van der Waals surface area contributed by atoms with Crippen LogP contribution in [0.15, 0.2) is 29.5 Å². The first-order chi connectivity index (χ1) is 11.1. The van der Waals surface area contributed by atoms with E-state index in [4.69, 9.17) is 0 Å². The van der Waals surface area contributed by atoms with Gasteiger partial charge in [0.25, 0.3) is 17.2 Å². The van der Waals surface area contributed by atoms with E-state index in [2.05, 4.69) is 21.1 Å². The second-order valence-corrected chi connectivity index (χ2v) is 5.79. The molecule has 0 saturated heterocycles. The molecule has 23 heavy (non-hydrogen) atoms. The molecule has 3 aromatic rings. The van der Waals surface area contributed by atoms with Gasteiger partial charge in [0.15, 0.2) is 0 Å². The molecule has 3 heterocycles. The summed E-state index contributed by atoms with van der Waals surface area (Å²) in [6.07, 6.45) is 3.48. The van der Waals surface area contributed by atoms with Crippen LogP contribution in [-0.4, -0.2) is 32.0 Å². The van der Waals surface area contributed by atoms with Gasteiger partial charge in [-0.25, -0.2) is 9.97 Å². The molecule has 0 aliphatic carbocycles. The van der Waals surface area contributed by atoms with Crippen LogP contribution in [0.5, 0.6) is 0 Å². The van der Waals surface area contributed by atoms with Crippen LogP contribution >= 0.6 is 0 Å². The van der Waals surface area contributed by atoms with Gasteiger partial charge in [0.05, 0.1) is 0 Å². The average molecular weight is 309 g/mol. The predicted molar refractivity (Wildman–Crippen MR) is 84.9 cm³/mol. The molecule has 0 atom stereocenters. The summed E-state index contributed by atoms with van der Waals surface area (Å²) in [7, 11) is 0. The van der Waals surface area contributed by atoms with Crippen LogP contribution in [0.4, 0.5) is 5.69 Å². The molecule has 1 aromatic carbocycles. The first-order valence-corrected chi connectivity index (χ1v) is 7.39. The van der Waals surface area contributed by atoms with E-state index in [1.54, 1.807) is 4.90 Å². The number of carbonyl (C=O) groups excluding carboxylic acids is 1. The predicted octanol–water partition coefficient (Wildman–Crippen LogP) is 1.24. The molecule has 0 spiro atoms. The SMILES string of the molecule is Cc1cc(C)c2c(c1)N(C(=O)c1cnc3nc[nH]n3c1=O)CC2. The normalized spacial score (nSPS) is 13.6. The van der Waals surface area contributed by atoms with E-state index >= 15 is 0 Å². The lowest BCUT2D eigenvalue weighted by atomic mass is 10.0. The lowest BCUT2D eigenvalue weighted by molar-refractivity contribution is 0.0987. The maximum absolute atomic E-state index is 12.9. The lowest BCUT2D eigenvalue weighted by Crippen LogP contribution is -2.35. The number of carbonyl (C=O) groups is 1. The summed E-state index contributed by atoms with van der Waals surface area (Å²) >= 11 is 0. The summed E-state index contributed by atoms with van der Waals surface area (Å²) in [5, 5.41) is 2.67. The van der Waals surface area contributed by atoms with Crippen LogP contribution in [0.25, 0.3) is 5.78 Å². The zero-order valence-corrected chi connectivity index (χ0v) is 12.8. The number of nitrogens with one attached hydrogen (secondary N) is 1. The minimum absolute atomic E-state index is 0.0405. The fourth-order valence-corrected chi connectivity index (χ4v) is 3.19. The topological polar surface area (TPSA) is 83.4 Å². The number of hydrogen-bond donors (Lipinski definition) is 1. The number of nitrogens with zero attached hydrogens (tertiary/aromatic N) is 4. The Morgan fingerprint density at radius 1 is 1.26 bits per heavy atom. The Kier molecular flexibility index (Phi) is 2.84. The van der Waals surface area contributed by atoms with E-state index in [9.17, 15) is 9.59 Å². The molecule has 116 valence electrons. The van der Waals surface area contributed by atoms with Gasteiger partial charge in [-0.05, 0) is 43.0 Å². The Morgan fingerprint density at radius 3 is 2.91 bits per heavy atom. The fraction of sp³-hybridized carbons (Fsp3) is 0.250. The second-order valence-electron chi connectivity index (χ2n) is 5.79. The minimum atomic E-state index is -0.435. The molecule has 1 aliphatic heterocycles. The highest BCUT2D eigenvalue weighted by atomic mass is 16.2. The molecule has 4 rings (SSSR count). The maximum Gasteiger partial charge on any atom is 0.286 e. The third kappa shape index (κ3) is 1.97. The van der Waals surface area contributed by atoms with Crippen LogP contribution in [0.2, 0.25) is 0 Å². The fourth-order valence-electron chi connectivity index (χ4n) is 3.19. The monoisotopic (exact) mass is 309 g/mol. The summed E-state index contributed by atoms with van der Waals surface area (Å²) in [5.74, 6) is -0.0738. The second kappa shape index (κ2) is 4.77. The first kappa shape index (κ1) is 13.7. The highest BCUT2D eigenvalue weighted by molar-refractivity contribution is 6.07. The number of anilines is 1. The summed E-state index contributed by atoms with van der Waals surface area (Å²) in [4.78, 5) is 34.9. The summed E-state index contributed by atoms with van der Waals surface area (Å²) < 4.78 is 1.17. The molecule has 0 fully saturated rings. The van der Waals surface area contributed by atoms with Crippen molar-refractivity contribution in [1.29, 1.82) is 0 Å². The number of benzene rings is 1. The third-order valence-electron chi connectivity index (χ3n) is 4.26. The smallest absolute Gasteiger partial charge is 0.286 e. The molecule has 1 N–H and O–H groups in total. The van der Waals surface area contributed by atoms with Crippen molar-refractivity contribution in [3.8, 4) is 0 Å². The number of fused-ring (bicyclic) bond motifs is 2. The standard InChI is InChI=1S/C16H15N5O2/c1-9-5-10(2)11-3-4-20(13(11)6-9)14(22)12-7-17-16-18-8-19-21(16)15(12)23/h5-8H,3-4H2,1-2H3,(H,17,18,19). The van der Waals surface area contributed by atoms with Crippen molar-refractivity contribution in [3.05, 3.63) is 57.3 Å². The molecule has 1 amide bonds. The highest BCUT2D eigenvalue weighted by Gasteiger charge is 2.29. The van der Waals surface area contributed by atoms with Crippen molar-refractivity contribution in [2.45, 2.75) is 20.3 Å². The zero-order valence-electron chi connectivity index (χ0n) is 12.8. The Labute approximate surface area is 131 Å². The summed E-state index contributed by atoms with van der Waals surface area (Å²) in [5.41, 5.74) is 3.93. The molecule has 0 radical (unpaired) electrons. The number of amides is 1. The van der Waals surface area contributed by atoms with Crippen molar-refractivity contribution < 1.29 is 4.79 Å². The quantitative estimate of drug-likeness (QED) is 0.733. The van der Waals surface area contributed by atoms with Gasteiger partial charge >= 0.3 is 0 Å². The largest absolute Gasteiger partial charge is 0.308 e. The van der Waals surface area contributed by atoms with Crippen LogP contribution < -0.4 is 10.5 Å². The summed E-state index contributed by atoms with van der Waals surface area (Å²) in [6, 6.07) is 4.10. The van der Waals surface area contributed by atoms with Crippen LogP contribution in [0.1, 0.15) is 27.0 Å². The number of aromatic amines is 1. The molecular weight excluding hydrogens is 294 g/mol. The van der Waals surface area contributed by atoms with E-state index in [-0.39, 0.29) is 17.2 Å². The molecule has 1 aliphatic rings. The molecular formula is C16H15N5O2. The van der Waals surface area contributed by atoms with Gasteiger partial charge in [0.1, 0.15) is 11.9 Å². The van der Waals surface area contributed by atoms with Crippen molar-refractivity contribution >= 4 is 17.4 Å². The third-order valence-corrected chi connectivity index (χ3v) is 4.26. The van der Waals surface area contributed by atoms with Crippen molar-refractivity contribution in [3.63, 3.8) is 0 Å². The van der Waals surface area contributed by atoms with Crippen LogP contribution in [0.3, 0.4) is 0 Å². The Morgan fingerprint density at radius 2 is 2.09 bits per heavy atom. The van der Waals surface area contributed by atoms with Crippen molar-refractivity contribution in [2.75, 3.05) is 11.4 Å². The van der Waals surface area contributed by atoms with E-state index in [1.807, 2.05) is 19.9 Å². The molecule has 2 aromatic heterocycles. The van der Waals surface area contributed by atoms with Gasteiger partial charge < -0.3 is 4.90 Å². The maximum atomic E-state index is 12.9. The molecule has 7 nitrogen and oxygen atoms in total. The van der Waals surface area contributed by atoms with Gasteiger partial charge in [0.2, 0.25) is 0 Å². The minimum Gasteiger partial charge on any atom is -0.308 e. The molecule has 0 unspecified atom stereocenters. The number of H-pyrrole nitrogens is 1. The van der Waals surface area contributed by atoms with Crippen LogP contribution in [-0.2, 0) is 6.42 Å². The van der Waals surface area contributed by atoms with E-state index in [1.165, 1.54) is 28.2 Å². The molecule has 0 saturated carbocycles. The zero-order chi connectivity index (χ0) is 16.1. The number of aromatic nitrogens is 4. The van der Waals surface area contributed by atoms with E-state index in [0.717, 1.165) is 17.7 Å². The van der Waals surface area contributed by atoms with Crippen molar-refractivity contribution in [1.82, 2.24) is 19.6 Å². The van der Waals surface area contributed by atoms with E-state index in [0.29, 0.717) is 6.54 Å². The first-order valence-electron chi connectivity index (χ1n) is 7.39. The Balaban J connectivity index is 1.82. The lowest BCUT2D eigenvalue weighted by Gasteiger charge is -2.17. The van der Waals surface area contributed by atoms with Gasteiger partial charge in [0, 0.05) is 18.4 Å². The van der Waals surface area contributed by atoms with Gasteiger partial charge in [-0.1, -0.05) is 6.07 Å². The van der Waals surface area contributed by atoms with Gasteiger partial charge in [-0.2, -0.15) is 4.52 Å². The van der Waals surface area contributed by atoms with Gasteiger partial charge in [-0.3, -0.25) is 14.7 Å². The van der Waals surface area contributed by atoms with Crippen LogP contribution in [0, 0.1) is 13.8 Å². The average Bonchev–Trinajstić information content (AvgIpc) is 3.13. The Bertz CT molecular complexity index is 1000. The Hall–Kier alpha value is -2.96. The highest BCUT2D eigenvalue weighted by Crippen LogP contribution is 2.32. The van der Waals surface area contributed by atoms with Gasteiger partial charge in [-0.15, -0.1) is 0 Å². The number of aryl methyl sites for hydroxylation is 2. The van der Waals surface area contributed by atoms with E-state index < -0.39 is 5.56 Å². The number of rotatable bonds is 1.